The molecule has 1 aliphatic rings. The normalized spacial score (nSPS) is 12.4. The minimum atomic E-state index is -0.650. The second-order valence-electron chi connectivity index (χ2n) is 7.25. The molecule has 1 N–H and O–H groups in total. The van der Waals surface area contributed by atoms with Crippen LogP contribution < -0.4 is 19.5 Å². The smallest absolute Gasteiger partial charge is 0.331 e. The van der Waals surface area contributed by atoms with Gasteiger partial charge in [0.05, 0.1) is 12.8 Å². The summed E-state index contributed by atoms with van der Waals surface area (Å²) in [5.74, 6) is 0.579. The Morgan fingerprint density at radius 2 is 1.85 bits per heavy atom. The second-order valence-corrected chi connectivity index (χ2v) is 7.25. The highest BCUT2D eigenvalue weighted by Crippen LogP contribution is 2.36. The molecule has 0 aliphatic carbocycles. The van der Waals surface area contributed by atoms with Crippen LogP contribution in [0.4, 0.5) is 5.69 Å². The molecule has 3 aromatic carbocycles. The third kappa shape index (κ3) is 4.18. The van der Waals surface area contributed by atoms with Gasteiger partial charge in [-0.15, -0.1) is 0 Å². The van der Waals surface area contributed by atoms with Crippen LogP contribution in [0, 0.1) is 0 Å². The Balaban J connectivity index is 1.23. The summed E-state index contributed by atoms with van der Waals surface area (Å²) < 4.78 is 26.9. The van der Waals surface area contributed by atoms with Gasteiger partial charge < -0.3 is 28.7 Å². The average molecular weight is 445 g/mol. The number of ether oxygens (including phenoxy) is 4. The molecule has 2 heterocycles. The van der Waals surface area contributed by atoms with Gasteiger partial charge in [0.1, 0.15) is 16.9 Å². The van der Waals surface area contributed by atoms with E-state index in [1.807, 2.05) is 24.3 Å². The number of amides is 1. The van der Waals surface area contributed by atoms with Crippen molar-refractivity contribution in [2.75, 3.05) is 25.8 Å². The van der Waals surface area contributed by atoms with Crippen LogP contribution in [0.3, 0.4) is 0 Å². The molecule has 0 saturated carbocycles. The van der Waals surface area contributed by atoms with Crippen molar-refractivity contribution >= 4 is 45.6 Å². The van der Waals surface area contributed by atoms with Gasteiger partial charge in [-0.2, -0.15) is 0 Å². The number of methoxy groups -OCH3 is 1. The Morgan fingerprint density at radius 1 is 1.00 bits per heavy atom. The van der Waals surface area contributed by atoms with Crippen LogP contribution in [-0.4, -0.2) is 32.4 Å². The highest BCUT2D eigenvalue weighted by atomic mass is 16.7. The highest BCUT2D eigenvalue weighted by molar-refractivity contribution is 6.08. The first-order valence-electron chi connectivity index (χ1n) is 10.1. The van der Waals surface area contributed by atoms with E-state index in [4.69, 9.17) is 23.4 Å². The summed E-state index contributed by atoms with van der Waals surface area (Å²) in [6.45, 7) is -0.278. The van der Waals surface area contributed by atoms with Gasteiger partial charge in [0.15, 0.2) is 18.1 Å². The topological polar surface area (TPSA) is 96.2 Å². The summed E-state index contributed by atoms with van der Waals surface area (Å²) in [4.78, 5) is 24.4. The molecule has 0 bridgehead atoms. The average Bonchev–Trinajstić information content (AvgIpc) is 3.44. The van der Waals surface area contributed by atoms with Gasteiger partial charge in [0.25, 0.3) is 5.91 Å². The van der Waals surface area contributed by atoms with E-state index in [0.717, 1.165) is 21.9 Å². The van der Waals surface area contributed by atoms with Crippen molar-refractivity contribution in [2.45, 2.75) is 0 Å². The molecule has 1 aliphatic heterocycles. The monoisotopic (exact) mass is 445 g/mol. The lowest BCUT2D eigenvalue weighted by molar-refractivity contribution is -0.142. The van der Waals surface area contributed by atoms with E-state index in [-0.39, 0.29) is 6.79 Å². The lowest BCUT2D eigenvalue weighted by Gasteiger charge is -2.10. The lowest BCUT2D eigenvalue weighted by atomic mass is 10.1. The number of rotatable bonds is 6. The van der Waals surface area contributed by atoms with Crippen molar-refractivity contribution in [2.24, 2.45) is 0 Å². The van der Waals surface area contributed by atoms with Crippen molar-refractivity contribution in [3.63, 3.8) is 0 Å². The van der Waals surface area contributed by atoms with Gasteiger partial charge in [-0.1, -0.05) is 24.3 Å². The number of para-hydroxylation sites is 1. The molecule has 8 heteroatoms. The number of carbonyl (C=O) groups excluding carboxylic acids is 2. The van der Waals surface area contributed by atoms with Crippen LogP contribution in [0.1, 0.15) is 5.56 Å². The Hall–Kier alpha value is -4.46. The largest absolute Gasteiger partial charge is 0.495 e. The fourth-order valence-corrected chi connectivity index (χ4v) is 3.57. The molecule has 0 atom stereocenters. The number of esters is 1. The SMILES string of the molecule is COc1cc2c(cc1NC(=O)COC(=O)C=Cc1ccc3c(c1)OCO3)oc1ccccc12. The third-order valence-electron chi connectivity index (χ3n) is 5.13. The van der Waals surface area contributed by atoms with Crippen LogP contribution >= 0.6 is 0 Å². The molecule has 166 valence electrons. The Morgan fingerprint density at radius 3 is 2.73 bits per heavy atom. The molecule has 1 aromatic heterocycles. The van der Waals surface area contributed by atoms with E-state index >= 15 is 0 Å². The van der Waals surface area contributed by atoms with Crippen LogP contribution in [0.25, 0.3) is 28.0 Å². The van der Waals surface area contributed by atoms with Crippen LogP contribution in [0.5, 0.6) is 17.2 Å². The van der Waals surface area contributed by atoms with Crippen molar-refractivity contribution in [3.05, 3.63) is 66.2 Å². The molecule has 0 unspecified atom stereocenters. The van der Waals surface area contributed by atoms with Gasteiger partial charge in [-0.05, 0) is 35.9 Å². The standard InChI is InChI=1S/C25H19NO7/c1-29-22-11-17-16-4-2-3-5-19(16)33-21(17)12-18(22)26-24(27)13-30-25(28)9-7-15-6-8-20-23(10-15)32-14-31-20/h2-12H,13-14H2,1H3,(H,26,27). The maximum Gasteiger partial charge on any atom is 0.331 e. The zero-order chi connectivity index (χ0) is 22.8. The van der Waals surface area contributed by atoms with Gasteiger partial charge in [0.2, 0.25) is 6.79 Å². The second kappa shape index (κ2) is 8.58. The number of anilines is 1. The van der Waals surface area contributed by atoms with E-state index in [1.165, 1.54) is 13.2 Å². The molecule has 33 heavy (non-hydrogen) atoms. The number of fused-ring (bicyclic) bond motifs is 4. The molecule has 0 radical (unpaired) electrons. The van der Waals surface area contributed by atoms with E-state index in [9.17, 15) is 9.59 Å². The molecule has 4 aromatic rings. The van der Waals surface area contributed by atoms with Gasteiger partial charge in [-0.25, -0.2) is 4.79 Å². The van der Waals surface area contributed by atoms with Gasteiger partial charge in [0, 0.05) is 22.9 Å². The molecular weight excluding hydrogens is 426 g/mol. The molecule has 1 amide bonds. The van der Waals surface area contributed by atoms with Crippen molar-refractivity contribution in [1.29, 1.82) is 0 Å². The lowest BCUT2D eigenvalue weighted by Crippen LogP contribution is -2.20. The minimum Gasteiger partial charge on any atom is -0.495 e. The summed E-state index contributed by atoms with van der Waals surface area (Å²) in [6.07, 6.45) is 2.81. The highest BCUT2D eigenvalue weighted by Gasteiger charge is 2.15. The predicted octanol–water partition coefficient (Wildman–Crippen LogP) is 4.52. The van der Waals surface area contributed by atoms with Crippen molar-refractivity contribution < 1.29 is 33.0 Å². The molecule has 0 spiro atoms. The van der Waals surface area contributed by atoms with Crippen LogP contribution in [-0.2, 0) is 14.3 Å². The zero-order valence-electron chi connectivity index (χ0n) is 17.6. The first-order chi connectivity index (χ1) is 16.1. The van der Waals surface area contributed by atoms with E-state index < -0.39 is 18.5 Å². The Labute approximate surface area is 188 Å². The summed E-state index contributed by atoms with van der Waals surface area (Å²) >= 11 is 0. The molecule has 5 rings (SSSR count). The first-order valence-corrected chi connectivity index (χ1v) is 10.1. The van der Waals surface area contributed by atoms with Crippen LogP contribution in [0.15, 0.2) is 65.1 Å². The summed E-state index contributed by atoms with van der Waals surface area (Å²) in [5, 5.41) is 4.53. The van der Waals surface area contributed by atoms with E-state index in [0.29, 0.717) is 28.5 Å². The number of furan rings is 1. The molecule has 0 saturated heterocycles. The summed E-state index contributed by atoms with van der Waals surface area (Å²) in [5.41, 5.74) is 2.50. The molecule has 0 fully saturated rings. The zero-order valence-corrected chi connectivity index (χ0v) is 17.6. The maximum absolute atomic E-state index is 12.4. The minimum absolute atomic E-state index is 0.174. The Bertz CT molecular complexity index is 1400. The summed E-state index contributed by atoms with van der Waals surface area (Å²) in [7, 11) is 1.51. The van der Waals surface area contributed by atoms with Crippen molar-refractivity contribution in [1.82, 2.24) is 0 Å². The number of nitrogens with one attached hydrogen (secondary N) is 1. The predicted molar refractivity (Wildman–Crippen MR) is 121 cm³/mol. The summed E-state index contributed by atoms with van der Waals surface area (Å²) in [6, 6.07) is 16.4. The van der Waals surface area contributed by atoms with E-state index in [1.54, 1.807) is 36.4 Å². The molecular formula is C25H19NO7. The maximum atomic E-state index is 12.4. The van der Waals surface area contributed by atoms with Gasteiger partial charge >= 0.3 is 5.97 Å². The quantitative estimate of drug-likeness (QED) is 0.344. The van der Waals surface area contributed by atoms with Crippen LogP contribution in [0.2, 0.25) is 0 Å². The molecule has 8 nitrogen and oxygen atoms in total. The number of carbonyl (C=O) groups is 2. The third-order valence-corrected chi connectivity index (χ3v) is 5.13. The number of benzene rings is 3. The first kappa shape index (κ1) is 20.4. The van der Waals surface area contributed by atoms with E-state index in [2.05, 4.69) is 5.32 Å². The Kier molecular flexibility index (Phi) is 5.32. The number of hydrogen-bond acceptors (Lipinski definition) is 7. The fourth-order valence-electron chi connectivity index (χ4n) is 3.57. The fraction of sp³-hybridized carbons (Fsp3) is 0.120. The number of hydrogen-bond donors (Lipinski definition) is 1. The van der Waals surface area contributed by atoms with Crippen molar-refractivity contribution in [3.8, 4) is 17.2 Å². The van der Waals surface area contributed by atoms with Gasteiger partial charge in [-0.3, -0.25) is 4.79 Å².